The molecule has 0 radical (unpaired) electrons. The van der Waals surface area contributed by atoms with E-state index in [4.69, 9.17) is 5.26 Å². The minimum Gasteiger partial charge on any atom is -0.385 e. The summed E-state index contributed by atoms with van der Waals surface area (Å²) >= 11 is 0. The van der Waals surface area contributed by atoms with Crippen molar-refractivity contribution < 1.29 is 4.92 Å². The summed E-state index contributed by atoms with van der Waals surface area (Å²) < 4.78 is 0. The van der Waals surface area contributed by atoms with Gasteiger partial charge in [0.05, 0.1) is 4.92 Å². The summed E-state index contributed by atoms with van der Waals surface area (Å²) in [4.78, 5) is 10.2. The molecule has 2 N–H and O–H groups in total. The maximum atomic E-state index is 10.7. The summed E-state index contributed by atoms with van der Waals surface area (Å²) in [5.41, 5.74) is 0.694. The molecule has 100 valence electrons. The molecule has 1 aliphatic rings. The zero-order valence-corrected chi connectivity index (χ0v) is 10.6. The number of nitriles is 1. The molecule has 1 atom stereocenters. The first-order valence-corrected chi connectivity index (χ1v) is 6.36. The van der Waals surface area contributed by atoms with Gasteiger partial charge in [-0.15, -0.1) is 0 Å². The van der Waals surface area contributed by atoms with Gasteiger partial charge in [0.25, 0.3) is 5.69 Å². The standard InChI is InChI=1S/C13H16N4O2/c14-9-10-8-12(3-4-13(10)17(18)19)16-7-5-11-2-1-6-15-11/h3-4,8,11,15-16H,1-2,5-7H2. The molecular weight excluding hydrogens is 244 g/mol. The van der Waals surface area contributed by atoms with Crippen molar-refractivity contribution >= 4 is 11.4 Å². The number of nitro benzene ring substituents is 1. The van der Waals surface area contributed by atoms with E-state index in [-0.39, 0.29) is 11.3 Å². The molecule has 19 heavy (non-hydrogen) atoms. The van der Waals surface area contributed by atoms with Gasteiger partial charge in [-0.05, 0) is 37.9 Å². The lowest BCUT2D eigenvalue weighted by Crippen LogP contribution is -2.24. The normalized spacial score (nSPS) is 17.9. The van der Waals surface area contributed by atoms with Crippen molar-refractivity contribution in [1.82, 2.24) is 5.32 Å². The molecule has 0 saturated carbocycles. The maximum absolute atomic E-state index is 10.7. The summed E-state index contributed by atoms with van der Waals surface area (Å²) in [6.45, 7) is 1.88. The summed E-state index contributed by atoms with van der Waals surface area (Å²) in [5, 5.41) is 26.2. The number of benzene rings is 1. The van der Waals surface area contributed by atoms with Crippen LogP contribution >= 0.6 is 0 Å². The van der Waals surface area contributed by atoms with Crippen LogP contribution in [-0.2, 0) is 0 Å². The SMILES string of the molecule is N#Cc1cc(NCCC2CCCN2)ccc1[N+](=O)[O-]. The van der Waals surface area contributed by atoms with Crippen LogP contribution in [0.4, 0.5) is 11.4 Å². The fraction of sp³-hybridized carbons (Fsp3) is 0.462. The summed E-state index contributed by atoms with van der Waals surface area (Å²) in [6.07, 6.45) is 3.44. The van der Waals surface area contributed by atoms with E-state index in [0.29, 0.717) is 6.04 Å². The quantitative estimate of drug-likeness (QED) is 0.624. The molecule has 0 spiro atoms. The van der Waals surface area contributed by atoms with Gasteiger partial charge in [0.15, 0.2) is 0 Å². The highest BCUT2D eigenvalue weighted by Crippen LogP contribution is 2.22. The zero-order chi connectivity index (χ0) is 13.7. The number of rotatable bonds is 5. The van der Waals surface area contributed by atoms with Gasteiger partial charge in [0.1, 0.15) is 11.6 Å². The fourth-order valence-electron chi connectivity index (χ4n) is 2.29. The van der Waals surface area contributed by atoms with Crippen molar-refractivity contribution in [2.45, 2.75) is 25.3 Å². The summed E-state index contributed by atoms with van der Waals surface area (Å²) in [5.74, 6) is 0. The minimum absolute atomic E-state index is 0.0917. The predicted octanol–water partition coefficient (Wildman–Crippen LogP) is 2.02. The molecule has 1 heterocycles. The highest BCUT2D eigenvalue weighted by Gasteiger charge is 2.15. The molecule has 0 aliphatic carbocycles. The Bertz CT molecular complexity index is 504. The highest BCUT2D eigenvalue weighted by atomic mass is 16.6. The third-order valence-corrected chi connectivity index (χ3v) is 3.30. The Hall–Kier alpha value is -2.13. The van der Waals surface area contributed by atoms with Crippen molar-refractivity contribution in [2.24, 2.45) is 0 Å². The first-order valence-electron chi connectivity index (χ1n) is 6.36. The highest BCUT2D eigenvalue weighted by molar-refractivity contribution is 5.58. The topological polar surface area (TPSA) is 91.0 Å². The second-order valence-corrected chi connectivity index (χ2v) is 4.61. The lowest BCUT2D eigenvalue weighted by Gasteiger charge is -2.11. The maximum Gasteiger partial charge on any atom is 0.287 e. The molecule has 1 fully saturated rings. The minimum atomic E-state index is -0.537. The fourth-order valence-corrected chi connectivity index (χ4v) is 2.29. The van der Waals surface area contributed by atoms with E-state index in [9.17, 15) is 10.1 Å². The lowest BCUT2D eigenvalue weighted by atomic mass is 10.1. The van der Waals surface area contributed by atoms with E-state index in [1.807, 2.05) is 6.07 Å². The number of hydrogen-bond acceptors (Lipinski definition) is 5. The molecule has 0 aromatic heterocycles. The number of hydrogen-bond donors (Lipinski definition) is 2. The Kier molecular flexibility index (Phi) is 4.31. The molecular formula is C13H16N4O2. The molecule has 0 amide bonds. The molecule has 1 aromatic rings. The average molecular weight is 260 g/mol. The molecule has 1 aliphatic heterocycles. The summed E-state index contributed by atoms with van der Waals surface area (Å²) in [7, 11) is 0. The number of anilines is 1. The molecule has 0 bridgehead atoms. The van der Waals surface area contributed by atoms with Gasteiger partial charge in [-0.1, -0.05) is 0 Å². The van der Waals surface area contributed by atoms with Crippen molar-refractivity contribution in [1.29, 1.82) is 5.26 Å². The van der Waals surface area contributed by atoms with Crippen LogP contribution in [0.2, 0.25) is 0 Å². The van der Waals surface area contributed by atoms with Crippen LogP contribution in [0.5, 0.6) is 0 Å². The van der Waals surface area contributed by atoms with Crippen LogP contribution in [0, 0.1) is 21.4 Å². The third kappa shape index (κ3) is 3.42. The van der Waals surface area contributed by atoms with E-state index in [1.54, 1.807) is 6.07 Å². The van der Waals surface area contributed by atoms with E-state index < -0.39 is 4.92 Å². The van der Waals surface area contributed by atoms with Gasteiger partial charge >= 0.3 is 0 Å². The van der Waals surface area contributed by atoms with Crippen LogP contribution in [0.1, 0.15) is 24.8 Å². The second-order valence-electron chi connectivity index (χ2n) is 4.61. The van der Waals surface area contributed by atoms with E-state index in [0.717, 1.165) is 25.2 Å². The van der Waals surface area contributed by atoms with Gasteiger partial charge in [0.2, 0.25) is 0 Å². The van der Waals surface area contributed by atoms with E-state index in [1.165, 1.54) is 25.0 Å². The van der Waals surface area contributed by atoms with E-state index in [2.05, 4.69) is 10.6 Å². The monoisotopic (exact) mass is 260 g/mol. The largest absolute Gasteiger partial charge is 0.385 e. The lowest BCUT2D eigenvalue weighted by molar-refractivity contribution is -0.385. The van der Waals surface area contributed by atoms with Crippen LogP contribution < -0.4 is 10.6 Å². The Morgan fingerprint density at radius 1 is 1.58 bits per heavy atom. The molecule has 1 aromatic carbocycles. The Balaban J connectivity index is 1.93. The van der Waals surface area contributed by atoms with Crippen LogP contribution in [0.15, 0.2) is 18.2 Å². The smallest absolute Gasteiger partial charge is 0.287 e. The predicted molar refractivity (Wildman–Crippen MR) is 71.9 cm³/mol. The molecule has 6 heteroatoms. The van der Waals surface area contributed by atoms with Crippen molar-refractivity contribution in [3.05, 3.63) is 33.9 Å². The van der Waals surface area contributed by atoms with Crippen molar-refractivity contribution in [2.75, 3.05) is 18.4 Å². The Labute approximate surface area is 111 Å². The van der Waals surface area contributed by atoms with Gasteiger partial charge in [0, 0.05) is 24.3 Å². The molecule has 1 unspecified atom stereocenters. The van der Waals surface area contributed by atoms with Crippen LogP contribution in [0.3, 0.4) is 0 Å². The Morgan fingerprint density at radius 3 is 3.05 bits per heavy atom. The average Bonchev–Trinajstić information content (AvgIpc) is 2.91. The Morgan fingerprint density at radius 2 is 2.42 bits per heavy atom. The van der Waals surface area contributed by atoms with Gasteiger partial charge in [-0.2, -0.15) is 5.26 Å². The number of nitrogens with one attached hydrogen (secondary N) is 2. The van der Waals surface area contributed by atoms with Crippen LogP contribution in [-0.4, -0.2) is 24.1 Å². The number of nitro groups is 1. The van der Waals surface area contributed by atoms with Crippen molar-refractivity contribution in [3.63, 3.8) is 0 Å². The molecule has 2 rings (SSSR count). The van der Waals surface area contributed by atoms with E-state index >= 15 is 0 Å². The zero-order valence-electron chi connectivity index (χ0n) is 10.6. The third-order valence-electron chi connectivity index (χ3n) is 3.30. The van der Waals surface area contributed by atoms with Gasteiger partial charge < -0.3 is 10.6 Å². The summed E-state index contributed by atoms with van der Waals surface area (Å²) in [6, 6.07) is 6.95. The first kappa shape index (κ1) is 13.3. The second kappa shape index (κ2) is 6.16. The van der Waals surface area contributed by atoms with Crippen LogP contribution in [0.25, 0.3) is 0 Å². The molecule has 1 saturated heterocycles. The molecule has 6 nitrogen and oxygen atoms in total. The van der Waals surface area contributed by atoms with Gasteiger partial charge in [-0.3, -0.25) is 10.1 Å². The first-order chi connectivity index (χ1) is 9.20. The van der Waals surface area contributed by atoms with Crippen molar-refractivity contribution in [3.8, 4) is 6.07 Å². The van der Waals surface area contributed by atoms with Gasteiger partial charge in [-0.25, -0.2) is 0 Å². The number of nitrogens with zero attached hydrogens (tertiary/aromatic N) is 2.